The van der Waals surface area contributed by atoms with Gasteiger partial charge in [0.15, 0.2) is 5.78 Å². The molecule has 21 heavy (non-hydrogen) atoms. The second-order valence-corrected chi connectivity index (χ2v) is 5.57. The molecule has 0 aliphatic carbocycles. The molecule has 0 aliphatic heterocycles. The first-order valence-electron chi connectivity index (χ1n) is 6.44. The van der Waals surface area contributed by atoms with Crippen molar-refractivity contribution in [2.45, 2.75) is 26.4 Å². The molecule has 1 rings (SSSR count). The Labute approximate surface area is 130 Å². The number of nitrogens with one attached hydrogen (secondary N) is 1. The Kier molecular flexibility index (Phi) is 9.41. The Morgan fingerprint density at radius 2 is 1.86 bits per heavy atom. The van der Waals surface area contributed by atoms with Gasteiger partial charge in [-0.2, -0.15) is 0 Å². The first kappa shape index (κ1) is 19.4. The van der Waals surface area contributed by atoms with E-state index in [2.05, 4.69) is 10.1 Å². The zero-order valence-corrected chi connectivity index (χ0v) is 13.6. The van der Waals surface area contributed by atoms with Crippen molar-refractivity contribution in [1.29, 1.82) is 0 Å². The topological polar surface area (TPSA) is 64.6 Å². The Balaban J connectivity index is 0.000000486. The van der Waals surface area contributed by atoms with Gasteiger partial charge in [-0.15, -0.1) is 0 Å². The van der Waals surface area contributed by atoms with Crippen molar-refractivity contribution in [3.05, 3.63) is 29.3 Å². The standard InChI is InChI=1S/C10H12ClNO2.C5H10O2/c1-12-6-9(13)7-14-10-4-2-8(11)3-5-10;1-5(2,3)7-4-6/h2-5,12H,6-7H2,1H3;4H,1-3H3. The normalized spacial score (nSPS) is 10.1. The van der Waals surface area contributed by atoms with E-state index in [9.17, 15) is 9.59 Å². The van der Waals surface area contributed by atoms with E-state index in [-0.39, 0.29) is 18.0 Å². The number of benzene rings is 1. The number of carbonyl (C=O) groups excluding carboxylic acids is 2. The van der Waals surface area contributed by atoms with Gasteiger partial charge in [0.2, 0.25) is 0 Å². The van der Waals surface area contributed by atoms with Crippen molar-refractivity contribution < 1.29 is 19.1 Å². The summed E-state index contributed by atoms with van der Waals surface area (Å²) in [7, 11) is 1.72. The van der Waals surface area contributed by atoms with Crippen LogP contribution in [0.25, 0.3) is 0 Å². The predicted molar refractivity (Wildman–Crippen MR) is 82.8 cm³/mol. The molecule has 0 bridgehead atoms. The predicted octanol–water partition coefficient (Wildman–Crippen LogP) is 2.47. The molecule has 0 fully saturated rings. The van der Waals surface area contributed by atoms with Gasteiger partial charge in [-0.3, -0.25) is 9.59 Å². The molecule has 0 amide bonds. The van der Waals surface area contributed by atoms with E-state index in [1.54, 1.807) is 31.3 Å². The molecule has 6 heteroatoms. The highest BCUT2D eigenvalue weighted by Crippen LogP contribution is 2.15. The summed E-state index contributed by atoms with van der Waals surface area (Å²) < 4.78 is 9.78. The van der Waals surface area contributed by atoms with Gasteiger partial charge < -0.3 is 14.8 Å². The van der Waals surface area contributed by atoms with E-state index >= 15 is 0 Å². The van der Waals surface area contributed by atoms with E-state index in [4.69, 9.17) is 16.3 Å². The lowest BCUT2D eigenvalue weighted by atomic mass is 10.2. The molecule has 0 aromatic heterocycles. The van der Waals surface area contributed by atoms with E-state index in [0.717, 1.165) is 0 Å². The van der Waals surface area contributed by atoms with Crippen molar-refractivity contribution in [2.75, 3.05) is 20.2 Å². The summed E-state index contributed by atoms with van der Waals surface area (Å²) in [4.78, 5) is 20.7. The monoisotopic (exact) mass is 315 g/mol. The average Bonchev–Trinajstić information content (AvgIpc) is 2.38. The van der Waals surface area contributed by atoms with Crippen molar-refractivity contribution in [3.8, 4) is 5.75 Å². The fraction of sp³-hybridized carbons (Fsp3) is 0.467. The molecule has 0 saturated heterocycles. The first-order chi connectivity index (χ1) is 9.78. The fourth-order valence-corrected chi connectivity index (χ4v) is 1.21. The number of hydrogen-bond acceptors (Lipinski definition) is 5. The number of ketones is 1. The van der Waals surface area contributed by atoms with E-state index in [1.807, 2.05) is 20.8 Å². The Bertz CT molecular complexity index is 426. The van der Waals surface area contributed by atoms with E-state index in [1.165, 1.54) is 0 Å². The van der Waals surface area contributed by atoms with Gasteiger partial charge in [0, 0.05) is 5.02 Å². The van der Waals surface area contributed by atoms with Crippen LogP contribution in [0.3, 0.4) is 0 Å². The SMILES string of the molecule is CC(C)(C)OC=O.CNCC(=O)COc1ccc(Cl)cc1. The number of carbonyl (C=O) groups is 2. The van der Waals surface area contributed by atoms with Gasteiger partial charge in [-0.1, -0.05) is 11.6 Å². The lowest BCUT2D eigenvalue weighted by molar-refractivity contribution is -0.138. The quantitative estimate of drug-likeness (QED) is 0.817. The first-order valence-corrected chi connectivity index (χ1v) is 6.82. The molecule has 1 aromatic carbocycles. The summed E-state index contributed by atoms with van der Waals surface area (Å²) in [6.07, 6.45) is 0. The third kappa shape index (κ3) is 11.9. The summed E-state index contributed by atoms with van der Waals surface area (Å²) >= 11 is 5.69. The minimum atomic E-state index is -0.318. The fourth-order valence-electron chi connectivity index (χ4n) is 1.09. The summed E-state index contributed by atoms with van der Waals surface area (Å²) in [5, 5.41) is 3.41. The van der Waals surface area contributed by atoms with Crippen LogP contribution in [-0.2, 0) is 14.3 Å². The number of halogens is 1. The molecule has 5 nitrogen and oxygen atoms in total. The zero-order valence-electron chi connectivity index (χ0n) is 12.8. The highest BCUT2D eigenvalue weighted by atomic mass is 35.5. The van der Waals surface area contributed by atoms with Crippen LogP contribution in [0.1, 0.15) is 20.8 Å². The lowest BCUT2D eigenvalue weighted by Gasteiger charge is -2.14. The van der Waals surface area contributed by atoms with Gasteiger partial charge in [0.05, 0.1) is 6.54 Å². The van der Waals surface area contributed by atoms with Gasteiger partial charge in [-0.05, 0) is 52.1 Å². The molecule has 0 aliphatic rings. The highest BCUT2D eigenvalue weighted by Gasteiger charge is 2.07. The van der Waals surface area contributed by atoms with Gasteiger partial charge >= 0.3 is 0 Å². The largest absolute Gasteiger partial charge is 0.486 e. The average molecular weight is 316 g/mol. The maximum atomic E-state index is 11.1. The minimum absolute atomic E-state index is 0.0162. The van der Waals surface area contributed by atoms with Crippen molar-refractivity contribution in [2.24, 2.45) is 0 Å². The Morgan fingerprint density at radius 3 is 2.24 bits per heavy atom. The minimum Gasteiger partial charge on any atom is -0.486 e. The second-order valence-electron chi connectivity index (χ2n) is 5.14. The molecular weight excluding hydrogens is 294 g/mol. The van der Waals surface area contributed by atoms with Gasteiger partial charge in [-0.25, -0.2) is 0 Å². The molecular formula is C15H22ClNO4. The van der Waals surface area contributed by atoms with Crippen LogP contribution in [0.5, 0.6) is 5.75 Å². The van der Waals surface area contributed by atoms with Crippen molar-refractivity contribution in [3.63, 3.8) is 0 Å². The van der Waals surface area contributed by atoms with Crippen LogP contribution in [0.15, 0.2) is 24.3 Å². The zero-order chi connectivity index (χ0) is 16.3. The molecule has 0 saturated carbocycles. The number of Topliss-reactive ketones (excluding diaryl/α,β-unsaturated/α-hetero) is 1. The lowest BCUT2D eigenvalue weighted by Crippen LogP contribution is -2.23. The summed E-state index contributed by atoms with van der Waals surface area (Å²) in [5.41, 5.74) is -0.318. The molecule has 0 unspecified atom stereocenters. The third-order valence-corrected chi connectivity index (χ3v) is 2.24. The van der Waals surface area contributed by atoms with E-state index in [0.29, 0.717) is 23.8 Å². The van der Waals surface area contributed by atoms with Crippen molar-refractivity contribution >= 4 is 23.9 Å². The molecule has 118 valence electrons. The van der Waals surface area contributed by atoms with Crippen molar-refractivity contribution in [1.82, 2.24) is 5.32 Å². The highest BCUT2D eigenvalue weighted by molar-refractivity contribution is 6.30. The molecule has 1 N–H and O–H groups in total. The molecule has 0 atom stereocenters. The second kappa shape index (κ2) is 10.2. The smallest absolute Gasteiger partial charge is 0.293 e. The molecule has 0 radical (unpaired) electrons. The number of likely N-dealkylation sites (N-methyl/N-ethyl adjacent to an activating group) is 1. The molecule has 1 aromatic rings. The van der Waals surface area contributed by atoms with Crippen LogP contribution in [-0.4, -0.2) is 38.1 Å². The summed E-state index contributed by atoms with van der Waals surface area (Å²) in [5.74, 6) is 0.668. The van der Waals surface area contributed by atoms with Gasteiger partial charge in [0.1, 0.15) is 18.0 Å². The number of rotatable bonds is 6. The van der Waals surface area contributed by atoms with Crippen LogP contribution < -0.4 is 10.1 Å². The van der Waals surface area contributed by atoms with Gasteiger partial charge in [0.25, 0.3) is 6.47 Å². The van der Waals surface area contributed by atoms with Crippen LogP contribution in [0.4, 0.5) is 0 Å². The maximum absolute atomic E-state index is 11.1. The van der Waals surface area contributed by atoms with E-state index < -0.39 is 0 Å². The Hall–Kier alpha value is -1.59. The number of ether oxygens (including phenoxy) is 2. The van der Waals surface area contributed by atoms with Crippen LogP contribution in [0.2, 0.25) is 5.02 Å². The summed E-state index contributed by atoms with van der Waals surface area (Å²) in [6, 6.07) is 6.91. The third-order valence-electron chi connectivity index (χ3n) is 1.99. The van der Waals surface area contributed by atoms with Crippen LogP contribution >= 0.6 is 11.6 Å². The molecule has 0 heterocycles. The maximum Gasteiger partial charge on any atom is 0.293 e. The molecule has 0 spiro atoms. The summed E-state index contributed by atoms with van der Waals surface area (Å²) in [6.45, 7) is 6.33. The Morgan fingerprint density at radius 1 is 1.29 bits per heavy atom. The van der Waals surface area contributed by atoms with Crippen LogP contribution in [0, 0.1) is 0 Å². The number of hydrogen-bond donors (Lipinski definition) is 1.